The number of amides is 6. The minimum absolute atomic E-state index is 0. The average molecular weight is 1760 g/mol. The van der Waals surface area contributed by atoms with Gasteiger partial charge in [-0.1, -0.05) is 74.0 Å². The molecule has 0 heterocycles. The molecule has 7 aliphatic rings. The molecule has 9 rings (SSSR count). The van der Waals surface area contributed by atoms with E-state index in [4.69, 9.17) is 43.8 Å². The average Bonchev–Trinajstić information content (AvgIpc) is 0.817. The van der Waals surface area contributed by atoms with Crippen molar-refractivity contribution in [3.63, 3.8) is 0 Å². The molecule has 0 saturated heterocycles. The zero-order valence-corrected chi connectivity index (χ0v) is 79.0. The van der Waals surface area contributed by atoms with E-state index in [0.717, 1.165) is 101 Å². The number of aldehydes is 2. The van der Waals surface area contributed by atoms with E-state index in [-0.39, 0.29) is 157 Å². The van der Waals surface area contributed by atoms with Crippen LogP contribution in [-0.4, -0.2) is 226 Å². The minimum atomic E-state index is -0.730. The number of alkyl carbamates (subject to hydrolysis) is 3. The summed E-state index contributed by atoms with van der Waals surface area (Å²) in [7, 11) is 6.31. The quantitative estimate of drug-likeness (QED) is 0.0331. The van der Waals surface area contributed by atoms with Crippen molar-refractivity contribution in [1.82, 2.24) is 36.3 Å². The Balaban J connectivity index is -0.000000249. The van der Waals surface area contributed by atoms with Gasteiger partial charge in [-0.3, -0.25) is 33.7 Å². The Morgan fingerprint density at radius 3 is 1.07 bits per heavy atom. The number of carbonyl (C=O) groups is 12. The zero-order valence-electron chi connectivity index (χ0n) is 77.0. The minimum Gasteiger partial charge on any atom is -1.00 e. The second-order valence-corrected chi connectivity index (χ2v) is 34.9. The molecule has 2 aromatic carbocycles. The summed E-state index contributed by atoms with van der Waals surface area (Å²) in [6.07, 6.45) is 13.2. The summed E-state index contributed by atoms with van der Waals surface area (Å²) in [5.41, 5.74) is 7.73. The van der Waals surface area contributed by atoms with Gasteiger partial charge >= 0.3 is 78.5 Å². The zero-order chi connectivity index (χ0) is 88.4. The summed E-state index contributed by atoms with van der Waals surface area (Å²) >= 11 is 0. The van der Waals surface area contributed by atoms with Gasteiger partial charge in [-0.05, 0) is 219 Å². The molecule has 6 N–H and O–H groups in total. The predicted molar refractivity (Wildman–Crippen MR) is 461 cm³/mol. The molecular formula is C86H146AlCl2LiMgN8O21. The van der Waals surface area contributed by atoms with E-state index in [1.165, 1.54) is 29.7 Å². The first kappa shape index (κ1) is 125. The first-order valence-electron chi connectivity index (χ1n) is 39.8. The third kappa shape index (κ3) is 56.8. The second kappa shape index (κ2) is 63.1. The van der Waals surface area contributed by atoms with Gasteiger partial charge in [0, 0.05) is 112 Å². The summed E-state index contributed by atoms with van der Waals surface area (Å²) in [5, 5.41) is 9.42. The summed E-state index contributed by atoms with van der Waals surface area (Å²) in [6.45, 7) is 39.7. The Bertz CT molecular complexity index is 3250. The fraction of sp³-hybridized carbons (Fsp3) is 0.698. The standard InChI is InChI=1S/C20H23NO.C15H25NO5.C12H22N2O4.C11H19NO3.C10H17NO3.C6H11NO.C6H10O.C3H7.C2H7NO.CO2.Al.2ClH.Li.Mg.4H/c1-16(22)19-12-20(13-19)21(14-17-8-4-2-5-9-17)15-18-10-6-3-7-11-18;1-14(2,3)20-12(18)16(11-7-10(8-11)9-17)13(19)21-15(4,5)6;1-12(2,3)18-11(16)13-9-6-8(7-9)10(15)14(4)17-5;1-7(13)8-5-9(6-8)12-10(14)15-11(2,3)4;1-10(2,3)14-9(13)11-8-4-7(5-8)6-12;1-4(8)5-2-6(7)3-5;1-2-5-3-6(7)4-5;1-3-2;1-3-4-2;2-1-3;;;;;;;;;/h2-11,19-20H,12-15H2,1H3;9-11H,7-8H2,1-6H3;8-9H,6-7H2,1-5H3,(H,13,16);8-9H,5-6H2,1-4H3,(H,12,14);6-8H,4-5H2,1-3H3,(H,11,13);5-6H,2-3,7H2,1H3;5H,2-4H2,1H3;3H,1-2H3;3H,1-2H3;;;2*1H;;;;;;/q;;;;;;;-1;;;;;;+1;+2;;;;-1/p-1. The first-order chi connectivity index (χ1) is 53.3. The van der Waals surface area contributed by atoms with Crippen molar-refractivity contribution in [3.8, 4) is 0 Å². The third-order valence-electron chi connectivity index (χ3n) is 18.4. The number of hydrogen-bond acceptors (Lipinski definition) is 24. The Morgan fingerprint density at radius 2 is 0.825 bits per heavy atom. The molecule has 7 fully saturated rings. The maximum absolute atomic E-state index is 12.2. The number of Topliss-reactive ketones (excluding diaryl/α,β-unsaturated/α-hetero) is 4. The van der Waals surface area contributed by atoms with E-state index in [0.29, 0.717) is 61.0 Å². The number of hydroxylamine groups is 3. The molecule has 7 saturated carbocycles. The summed E-state index contributed by atoms with van der Waals surface area (Å²) in [4.78, 5) is 163. The fourth-order valence-electron chi connectivity index (χ4n) is 11.6. The van der Waals surface area contributed by atoms with Gasteiger partial charge in [-0.25, -0.2) is 39.4 Å². The third-order valence-corrected chi connectivity index (χ3v) is 18.4. The maximum Gasteiger partial charge on any atom is 2.00 e. The molecule has 0 atom stereocenters. The van der Waals surface area contributed by atoms with Gasteiger partial charge in [0.1, 0.15) is 63.7 Å². The van der Waals surface area contributed by atoms with Gasteiger partial charge in [0.2, 0.25) is 5.91 Å². The fourth-order valence-corrected chi connectivity index (χ4v) is 11.6. The number of carbonyl (C=O) groups excluding carboxylic acids is 14. The number of ketones is 4. The normalized spacial score (nSPS) is 21.5. The second-order valence-electron chi connectivity index (χ2n) is 34.9. The number of hydrogen-bond donors (Lipinski definition) is 5. The number of nitrogens with one attached hydrogen (secondary N) is 4. The van der Waals surface area contributed by atoms with Gasteiger partial charge in [0.05, 0.1) is 14.2 Å². The number of imide groups is 1. The van der Waals surface area contributed by atoms with Crippen molar-refractivity contribution in [1.29, 1.82) is 0 Å². The molecule has 0 aromatic heterocycles. The van der Waals surface area contributed by atoms with Crippen LogP contribution in [0, 0.1) is 47.8 Å². The van der Waals surface area contributed by atoms with Crippen LogP contribution in [0.1, 0.15) is 254 Å². The first-order valence-corrected chi connectivity index (χ1v) is 39.8. The van der Waals surface area contributed by atoms with Crippen LogP contribution >= 0.6 is 12.4 Å². The van der Waals surface area contributed by atoms with Crippen LogP contribution in [0.15, 0.2) is 60.7 Å². The van der Waals surface area contributed by atoms with Crippen molar-refractivity contribution >= 4 is 131 Å². The molecule has 676 valence electrons. The molecule has 2 aromatic rings. The smallest absolute Gasteiger partial charge is 1.00 e. The molecule has 120 heavy (non-hydrogen) atoms. The summed E-state index contributed by atoms with van der Waals surface area (Å²) < 4.78 is 25.8. The molecule has 0 aliphatic heterocycles. The molecule has 7 aliphatic carbocycles. The van der Waals surface area contributed by atoms with E-state index in [2.05, 4.69) is 98.8 Å². The number of nitrogens with zero attached hydrogens (tertiary/aromatic N) is 3. The molecule has 6 amide bonds. The van der Waals surface area contributed by atoms with Crippen LogP contribution in [0.2, 0.25) is 0 Å². The molecule has 0 spiro atoms. The van der Waals surface area contributed by atoms with E-state index in [1.807, 2.05) is 82.6 Å². The SMILES string of the molecule is CC(=O)C1CC(N(Cc2ccccc2)Cc2ccccc2)C1.CC(=O)C1CC(N)C1.CC(=O)C1CC(NC(=O)OC(C)(C)C)C1.CC(C)(C)OC(=O)N(C(=O)OC(C)(C)C)C1CC(C=O)C1.CC(C)(C)OC(=O)NC1CC(C=O)C1.CCC1CC(=O)C1.CNOC.CON(C)C(=O)C1CC(NC(=O)OC(C)(C)C)C1.C[CH-]C.Cl.O=C=O.[AlH3].[Cl-].[H-].[Li+].[Mg+2]. The van der Waals surface area contributed by atoms with Gasteiger partial charge in [0.15, 0.2) is 17.4 Å². The van der Waals surface area contributed by atoms with Gasteiger partial charge in [-0.2, -0.15) is 23.4 Å². The van der Waals surface area contributed by atoms with E-state index in [1.54, 1.807) is 83.5 Å². The Kier molecular flexibility index (Phi) is 65.7. The number of nitrogens with two attached hydrogens (primary N) is 1. The Hall–Kier alpha value is -5.86. The van der Waals surface area contributed by atoms with Crippen LogP contribution in [0.5, 0.6) is 0 Å². The summed E-state index contributed by atoms with van der Waals surface area (Å²) in [6, 6.07) is 21.9. The van der Waals surface area contributed by atoms with Crippen molar-refractivity contribution in [2.24, 2.45) is 47.2 Å². The summed E-state index contributed by atoms with van der Waals surface area (Å²) in [5.74, 6) is 2.62. The van der Waals surface area contributed by atoms with Crippen molar-refractivity contribution in [2.75, 3.05) is 28.3 Å². The topological polar surface area (TPSA) is 387 Å². The van der Waals surface area contributed by atoms with Crippen molar-refractivity contribution in [3.05, 3.63) is 78.2 Å². The predicted octanol–water partition coefficient (Wildman–Crippen LogP) is 6.95. The molecular weight excluding hydrogens is 1610 g/mol. The Labute approximate surface area is 768 Å². The van der Waals surface area contributed by atoms with Crippen LogP contribution in [0.3, 0.4) is 0 Å². The van der Waals surface area contributed by atoms with E-state index < -0.39 is 58.5 Å². The largest absolute Gasteiger partial charge is 2.00 e. The Morgan fingerprint density at radius 1 is 0.533 bits per heavy atom. The molecule has 0 bridgehead atoms. The number of halogens is 2. The number of rotatable bonds is 18. The van der Waals surface area contributed by atoms with E-state index >= 15 is 0 Å². The molecule has 34 heteroatoms. The van der Waals surface area contributed by atoms with Gasteiger partial charge < -0.3 is 80.0 Å². The monoisotopic (exact) mass is 1750 g/mol. The number of ether oxygens (including phenoxy) is 5. The van der Waals surface area contributed by atoms with Crippen LogP contribution < -0.4 is 58.4 Å². The van der Waals surface area contributed by atoms with Gasteiger partial charge in [0.25, 0.3) is 0 Å². The van der Waals surface area contributed by atoms with Crippen molar-refractivity contribution < 1.29 is 133 Å². The van der Waals surface area contributed by atoms with E-state index in [9.17, 15) is 57.5 Å². The molecule has 0 radical (unpaired) electrons. The number of benzene rings is 2. The van der Waals surface area contributed by atoms with Crippen LogP contribution in [0.25, 0.3) is 0 Å². The molecule has 0 unspecified atom stereocenters. The van der Waals surface area contributed by atoms with Crippen LogP contribution in [0.4, 0.5) is 24.0 Å². The molecule has 29 nitrogen and oxygen atoms in total. The van der Waals surface area contributed by atoms with Crippen molar-refractivity contribution in [2.45, 2.75) is 319 Å². The van der Waals surface area contributed by atoms with Crippen LogP contribution in [-0.2, 0) is 89.6 Å². The maximum atomic E-state index is 12.2. The van der Waals surface area contributed by atoms with Gasteiger partial charge in [-0.15, -0.1) is 12.4 Å².